The Morgan fingerprint density at radius 2 is 1.84 bits per heavy atom. The highest BCUT2D eigenvalue weighted by atomic mass is 15.2. The van der Waals surface area contributed by atoms with Crippen molar-refractivity contribution in [2.75, 3.05) is 13.1 Å². The molecule has 1 fully saturated rings. The normalized spacial score (nSPS) is 24.9. The summed E-state index contributed by atoms with van der Waals surface area (Å²) in [5, 5.41) is 3.91. The largest absolute Gasteiger partial charge is 0.307 e. The summed E-state index contributed by atoms with van der Waals surface area (Å²) in [6.07, 6.45) is 5.14. The highest BCUT2D eigenvalue weighted by Gasteiger charge is 2.26. The average Bonchev–Trinajstić information content (AvgIpc) is 2.83. The number of hydrogen-bond acceptors (Lipinski definition) is 2. The molecule has 0 aromatic heterocycles. The molecule has 2 aliphatic rings. The average molecular weight is 258 g/mol. The highest BCUT2D eigenvalue weighted by Crippen LogP contribution is 2.31. The van der Waals surface area contributed by atoms with E-state index in [0.29, 0.717) is 18.1 Å². The van der Waals surface area contributed by atoms with E-state index in [4.69, 9.17) is 0 Å². The monoisotopic (exact) mass is 258 g/mol. The number of fused-ring (bicyclic) bond motifs is 1. The van der Waals surface area contributed by atoms with Gasteiger partial charge in [0.25, 0.3) is 0 Å². The second-order valence-corrected chi connectivity index (χ2v) is 6.36. The number of likely N-dealkylation sites (tertiary alicyclic amines) is 1. The maximum Gasteiger partial charge on any atom is 0.0328 e. The van der Waals surface area contributed by atoms with E-state index in [2.05, 4.69) is 48.3 Å². The molecular weight excluding hydrogens is 232 g/mol. The molecule has 1 N–H and O–H groups in total. The summed E-state index contributed by atoms with van der Waals surface area (Å²) >= 11 is 0. The van der Waals surface area contributed by atoms with Crippen molar-refractivity contribution in [3.8, 4) is 0 Å². The van der Waals surface area contributed by atoms with Crippen molar-refractivity contribution in [1.82, 2.24) is 10.2 Å². The minimum Gasteiger partial charge on any atom is -0.307 e. The summed E-state index contributed by atoms with van der Waals surface area (Å²) in [6, 6.07) is 11.0. The van der Waals surface area contributed by atoms with Crippen LogP contribution in [-0.2, 0) is 6.42 Å². The summed E-state index contributed by atoms with van der Waals surface area (Å²) in [5.41, 5.74) is 3.11. The first kappa shape index (κ1) is 13.1. The minimum atomic E-state index is 0.604. The molecule has 1 aromatic carbocycles. The lowest BCUT2D eigenvalue weighted by molar-refractivity contribution is 0.156. The molecule has 2 heteroatoms. The summed E-state index contributed by atoms with van der Waals surface area (Å²) in [7, 11) is 0. The second-order valence-electron chi connectivity index (χ2n) is 6.36. The molecule has 0 saturated carbocycles. The standard InChI is InChI=1S/C17H26N2/c1-13(2)19-11-9-15(10-12-19)18-17-8-7-14-5-3-4-6-16(14)17/h3-6,13,15,17-18H,7-12H2,1-2H3. The summed E-state index contributed by atoms with van der Waals surface area (Å²) < 4.78 is 0. The zero-order chi connectivity index (χ0) is 13.2. The number of aryl methyl sites for hydroxylation is 1. The van der Waals surface area contributed by atoms with Crippen molar-refractivity contribution in [2.24, 2.45) is 0 Å². The third-order valence-corrected chi connectivity index (χ3v) is 4.83. The molecule has 1 aliphatic carbocycles. The van der Waals surface area contributed by atoms with Gasteiger partial charge in [-0.2, -0.15) is 0 Å². The van der Waals surface area contributed by atoms with Crippen LogP contribution in [-0.4, -0.2) is 30.1 Å². The van der Waals surface area contributed by atoms with Gasteiger partial charge in [-0.05, 0) is 63.7 Å². The molecule has 104 valence electrons. The van der Waals surface area contributed by atoms with Crippen molar-refractivity contribution in [2.45, 2.75) is 57.7 Å². The molecule has 1 heterocycles. The molecule has 19 heavy (non-hydrogen) atoms. The van der Waals surface area contributed by atoms with Crippen LogP contribution in [0.15, 0.2) is 24.3 Å². The Labute approximate surface area is 117 Å². The first-order valence-electron chi connectivity index (χ1n) is 7.82. The molecule has 1 aliphatic heterocycles. The molecule has 3 rings (SSSR count). The van der Waals surface area contributed by atoms with E-state index in [1.54, 1.807) is 11.1 Å². The van der Waals surface area contributed by atoms with Gasteiger partial charge in [0, 0.05) is 18.1 Å². The van der Waals surface area contributed by atoms with E-state index in [1.165, 1.54) is 38.8 Å². The second kappa shape index (κ2) is 5.64. The van der Waals surface area contributed by atoms with Crippen LogP contribution in [0.25, 0.3) is 0 Å². The predicted molar refractivity (Wildman–Crippen MR) is 80.4 cm³/mol. The van der Waals surface area contributed by atoms with E-state index < -0.39 is 0 Å². The Balaban J connectivity index is 1.57. The first-order chi connectivity index (χ1) is 9.24. The van der Waals surface area contributed by atoms with Crippen LogP contribution < -0.4 is 5.32 Å². The Hall–Kier alpha value is -0.860. The molecule has 1 unspecified atom stereocenters. The van der Waals surface area contributed by atoms with Gasteiger partial charge in [-0.25, -0.2) is 0 Å². The third-order valence-electron chi connectivity index (χ3n) is 4.83. The van der Waals surface area contributed by atoms with Gasteiger partial charge in [-0.3, -0.25) is 0 Å². The van der Waals surface area contributed by atoms with E-state index >= 15 is 0 Å². The molecule has 0 amide bonds. The topological polar surface area (TPSA) is 15.3 Å². The fourth-order valence-corrected chi connectivity index (χ4v) is 3.60. The highest BCUT2D eigenvalue weighted by molar-refractivity contribution is 5.34. The van der Waals surface area contributed by atoms with Crippen molar-refractivity contribution in [3.63, 3.8) is 0 Å². The zero-order valence-electron chi connectivity index (χ0n) is 12.2. The lowest BCUT2D eigenvalue weighted by atomic mass is 10.0. The Morgan fingerprint density at radius 3 is 2.58 bits per heavy atom. The molecule has 1 saturated heterocycles. The zero-order valence-corrected chi connectivity index (χ0v) is 12.2. The van der Waals surface area contributed by atoms with Crippen molar-refractivity contribution < 1.29 is 0 Å². The number of rotatable bonds is 3. The first-order valence-corrected chi connectivity index (χ1v) is 7.82. The molecule has 2 nitrogen and oxygen atoms in total. The van der Waals surface area contributed by atoms with Gasteiger partial charge in [0.1, 0.15) is 0 Å². The van der Waals surface area contributed by atoms with Crippen LogP contribution in [0, 0.1) is 0 Å². The molecule has 1 aromatic rings. The molecular formula is C17H26N2. The molecule has 1 atom stereocenters. The quantitative estimate of drug-likeness (QED) is 0.896. The van der Waals surface area contributed by atoms with Crippen LogP contribution in [0.4, 0.5) is 0 Å². The van der Waals surface area contributed by atoms with Gasteiger partial charge in [0.15, 0.2) is 0 Å². The maximum atomic E-state index is 3.91. The minimum absolute atomic E-state index is 0.604. The number of nitrogens with zero attached hydrogens (tertiary/aromatic N) is 1. The Bertz CT molecular complexity index is 419. The Morgan fingerprint density at radius 1 is 1.11 bits per heavy atom. The third kappa shape index (κ3) is 2.85. The number of hydrogen-bond donors (Lipinski definition) is 1. The van der Waals surface area contributed by atoms with Crippen LogP contribution in [0.2, 0.25) is 0 Å². The lowest BCUT2D eigenvalue weighted by Crippen LogP contribution is -2.45. The number of piperidine rings is 1. The van der Waals surface area contributed by atoms with Gasteiger partial charge in [0.05, 0.1) is 0 Å². The number of benzene rings is 1. The van der Waals surface area contributed by atoms with E-state index in [0.717, 1.165) is 0 Å². The Kier molecular flexibility index (Phi) is 3.90. The van der Waals surface area contributed by atoms with Crippen LogP contribution in [0.1, 0.15) is 50.3 Å². The van der Waals surface area contributed by atoms with Crippen molar-refractivity contribution in [1.29, 1.82) is 0 Å². The summed E-state index contributed by atoms with van der Waals surface area (Å²) in [4.78, 5) is 2.60. The molecule has 0 bridgehead atoms. The SMILES string of the molecule is CC(C)N1CCC(NC2CCc3ccccc32)CC1. The van der Waals surface area contributed by atoms with Crippen LogP contribution in [0.5, 0.6) is 0 Å². The van der Waals surface area contributed by atoms with Gasteiger partial charge in [0.2, 0.25) is 0 Å². The van der Waals surface area contributed by atoms with E-state index in [-0.39, 0.29) is 0 Å². The predicted octanol–water partition coefficient (Wildman–Crippen LogP) is 3.14. The van der Waals surface area contributed by atoms with E-state index in [9.17, 15) is 0 Å². The van der Waals surface area contributed by atoms with Gasteiger partial charge in [-0.15, -0.1) is 0 Å². The van der Waals surface area contributed by atoms with Gasteiger partial charge < -0.3 is 10.2 Å². The van der Waals surface area contributed by atoms with Gasteiger partial charge >= 0.3 is 0 Å². The molecule has 0 spiro atoms. The smallest absolute Gasteiger partial charge is 0.0328 e. The maximum absolute atomic E-state index is 3.91. The number of nitrogens with one attached hydrogen (secondary N) is 1. The molecule has 0 radical (unpaired) electrons. The lowest BCUT2D eigenvalue weighted by Gasteiger charge is -2.36. The van der Waals surface area contributed by atoms with Crippen LogP contribution >= 0.6 is 0 Å². The summed E-state index contributed by atoms with van der Waals surface area (Å²) in [5.74, 6) is 0. The van der Waals surface area contributed by atoms with Crippen molar-refractivity contribution >= 4 is 0 Å². The van der Waals surface area contributed by atoms with Crippen molar-refractivity contribution in [3.05, 3.63) is 35.4 Å². The fraction of sp³-hybridized carbons (Fsp3) is 0.647. The fourth-order valence-electron chi connectivity index (χ4n) is 3.60. The van der Waals surface area contributed by atoms with E-state index in [1.807, 2.05) is 0 Å². The van der Waals surface area contributed by atoms with Gasteiger partial charge in [-0.1, -0.05) is 24.3 Å². The summed E-state index contributed by atoms with van der Waals surface area (Å²) in [6.45, 7) is 7.12. The van der Waals surface area contributed by atoms with Crippen LogP contribution in [0.3, 0.4) is 0 Å².